The lowest BCUT2D eigenvalue weighted by Gasteiger charge is -2.37. The van der Waals surface area contributed by atoms with E-state index >= 15 is 0 Å². The van der Waals surface area contributed by atoms with Crippen molar-refractivity contribution in [2.45, 2.75) is 83.5 Å². The Balaban J connectivity index is 1.56. The minimum absolute atomic E-state index is 0.0914. The standard InChI is InChI=1S/C25H36N8O5/c1-4-5-10-31-20(34)18(19(26)27)21(35)33(24(31)38)17-8-6-15(7-9-17)11-25(2)22(36)30(3)23(37)32(25)14-16-12-28-29-13-16/h12-13,15,17,34H,4-11,14H2,1-3H3,(H3,26,27)(H,28,29)/t15?,17?,25-/m1/s1. The Kier molecular flexibility index (Phi) is 7.47. The number of amides is 3. The number of nitrogens with two attached hydrogens (primary N) is 1. The minimum atomic E-state index is -1.02. The van der Waals surface area contributed by atoms with Gasteiger partial charge in [-0.3, -0.25) is 34.1 Å². The van der Waals surface area contributed by atoms with Gasteiger partial charge in [0.2, 0.25) is 5.88 Å². The lowest BCUT2D eigenvalue weighted by Crippen LogP contribution is -2.49. The average molecular weight is 529 g/mol. The Hall–Kier alpha value is -3.90. The number of amidine groups is 1. The maximum absolute atomic E-state index is 13.3. The number of carbonyl (C=O) groups excluding carboxylic acids is 2. The zero-order valence-electron chi connectivity index (χ0n) is 22.1. The lowest BCUT2D eigenvalue weighted by molar-refractivity contribution is -0.132. The number of nitrogens with zero attached hydrogens (tertiary/aromatic N) is 5. The van der Waals surface area contributed by atoms with E-state index in [0.717, 1.165) is 26.0 Å². The molecule has 1 saturated carbocycles. The Bertz CT molecular complexity index is 1340. The zero-order chi connectivity index (χ0) is 27.8. The van der Waals surface area contributed by atoms with Crippen LogP contribution in [0.3, 0.4) is 0 Å². The molecule has 1 saturated heterocycles. The van der Waals surface area contributed by atoms with E-state index in [4.69, 9.17) is 11.1 Å². The number of carbonyl (C=O) groups is 2. The number of aromatic amines is 1. The summed E-state index contributed by atoms with van der Waals surface area (Å²) in [6.07, 6.45) is 7.46. The molecule has 1 atom stereocenters. The van der Waals surface area contributed by atoms with Crippen molar-refractivity contribution in [1.82, 2.24) is 29.1 Å². The SMILES string of the molecule is CCCCn1c(O)c(C(=N)N)c(=O)n(C2CCC(C[C@]3(C)C(=O)N(C)C(=O)N3Cc3cn[nH]c3)CC2)c1=O. The van der Waals surface area contributed by atoms with Crippen molar-refractivity contribution in [1.29, 1.82) is 5.41 Å². The molecule has 2 aromatic heterocycles. The first-order valence-electron chi connectivity index (χ1n) is 13.0. The summed E-state index contributed by atoms with van der Waals surface area (Å²) in [6.45, 7) is 4.21. The fourth-order valence-electron chi connectivity index (χ4n) is 5.85. The van der Waals surface area contributed by atoms with Gasteiger partial charge in [-0.15, -0.1) is 0 Å². The van der Waals surface area contributed by atoms with Crippen molar-refractivity contribution >= 4 is 17.8 Å². The topological polar surface area (TPSA) is 183 Å². The number of nitrogen functional groups attached to an aromatic ring is 1. The number of nitrogens with one attached hydrogen (secondary N) is 2. The monoisotopic (exact) mass is 528 g/mol. The number of imide groups is 1. The molecule has 2 aromatic rings. The second-order valence-corrected chi connectivity index (χ2v) is 10.6. The van der Waals surface area contributed by atoms with Crippen LogP contribution >= 0.6 is 0 Å². The Morgan fingerprint density at radius 1 is 1.24 bits per heavy atom. The van der Waals surface area contributed by atoms with Crippen LogP contribution in [0.4, 0.5) is 4.79 Å². The van der Waals surface area contributed by atoms with Gasteiger partial charge < -0.3 is 15.7 Å². The highest BCUT2D eigenvalue weighted by Crippen LogP contribution is 2.40. The first-order chi connectivity index (χ1) is 18.0. The van der Waals surface area contributed by atoms with Crippen molar-refractivity contribution < 1.29 is 14.7 Å². The van der Waals surface area contributed by atoms with E-state index in [0.29, 0.717) is 38.5 Å². The summed E-state index contributed by atoms with van der Waals surface area (Å²) in [5, 5.41) is 25.0. The molecule has 3 amide bonds. The molecule has 206 valence electrons. The smallest absolute Gasteiger partial charge is 0.334 e. The molecule has 0 radical (unpaired) electrons. The summed E-state index contributed by atoms with van der Waals surface area (Å²) in [4.78, 5) is 55.3. The number of H-pyrrole nitrogens is 1. The normalized spacial score (nSPS) is 23.9. The van der Waals surface area contributed by atoms with Crippen LogP contribution in [0.2, 0.25) is 0 Å². The van der Waals surface area contributed by atoms with Gasteiger partial charge in [-0.05, 0) is 51.4 Å². The van der Waals surface area contributed by atoms with E-state index in [-0.39, 0.29) is 36.5 Å². The molecule has 2 fully saturated rings. The van der Waals surface area contributed by atoms with Gasteiger partial charge in [0.15, 0.2) is 0 Å². The Labute approximate surface area is 219 Å². The quantitative estimate of drug-likeness (QED) is 0.216. The number of aromatic hydroxyl groups is 1. The molecule has 0 aromatic carbocycles. The fourth-order valence-corrected chi connectivity index (χ4v) is 5.85. The highest BCUT2D eigenvalue weighted by Gasteiger charge is 2.53. The number of likely N-dealkylation sites (N-methyl/N-ethyl adjacent to an activating group) is 1. The van der Waals surface area contributed by atoms with Crippen LogP contribution in [-0.2, 0) is 17.9 Å². The molecule has 1 aliphatic heterocycles. The van der Waals surface area contributed by atoms with E-state index in [1.165, 1.54) is 7.05 Å². The summed E-state index contributed by atoms with van der Waals surface area (Å²) < 4.78 is 2.26. The molecule has 0 spiro atoms. The summed E-state index contributed by atoms with van der Waals surface area (Å²) in [6, 6.07) is -0.774. The third kappa shape index (κ3) is 4.61. The molecule has 0 unspecified atom stereocenters. The molecule has 38 heavy (non-hydrogen) atoms. The Morgan fingerprint density at radius 3 is 2.50 bits per heavy atom. The van der Waals surface area contributed by atoms with Crippen LogP contribution in [0.15, 0.2) is 22.0 Å². The molecular weight excluding hydrogens is 492 g/mol. The minimum Gasteiger partial charge on any atom is -0.494 e. The van der Waals surface area contributed by atoms with Crippen molar-refractivity contribution in [2.24, 2.45) is 11.7 Å². The highest BCUT2D eigenvalue weighted by molar-refractivity contribution is 6.06. The van der Waals surface area contributed by atoms with Crippen LogP contribution in [0.25, 0.3) is 0 Å². The molecular formula is C25H36N8O5. The average Bonchev–Trinajstić information content (AvgIpc) is 3.44. The number of urea groups is 1. The van der Waals surface area contributed by atoms with E-state index in [2.05, 4.69) is 10.2 Å². The van der Waals surface area contributed by atoms with Crippen LogP contribution < -0.4 is 17.0 Å². The molecule has 13 nitrogen and oxygen atoms in total. The number of aromatic nitrogens is 4. The van der Waals surface area contributed by atoms with Crippen molar-refractivity contribution in [3.8, 4) is 5.88 Å². The van der Waals surface area contributed by atoms with E-state index in [9.17, 15) is 24.3 Å². The van der Waals surface area contributed by atoms with Crippen molar-refractivity contribution in [3.05, 3.63) is 44.4 Å². The molecule has 13 heteroatoms. The fraction of sp³-hybridized carbons (Fsp3) is 0.600. The van der Waals surface area contributed by atoms with Gasteiger partial charge in [0.25, 0.3) is 11.5 Å². The maximum Gasteiger partial charge on any atom is 0.334 e. The van der Waals surface area contributed by atoms with Crippen molar-refractivity contribution in [2.75, 3.05) is 7.05 Å². The maximum atomic E-state index is 13.3. The van der Waals surface area contributed by atoms with Crippen LogP contribution in [0.1, 0.15) is 76.0 Å². The number of rotatable bonds is 9. The third-order valence-corrected chi connectivity index (χ3v) is 8.00. The van der Waals surface area contributed by atoms with Crippen LogP contribution in [0, 0.1) is 11.3 Å². The summed E-state index contributed by atoms with van der Waals surface area (Å²) in [5.41, 5.74) is 3.66. The first-order valence-corrected chi connectivity index (χ1v) is 13.0. The molecule has 0 bridgehead atoms. The summed E-state index contributed by atoms with van der Waals surface area (Å²) in [7, 11) is 1.49. The van der Waals surface area contributed by atoms with Gasteiger partial charge in [-0.1, -0.05) is 13.3 Å². The first kappa shape index (κ1) is 27.1. The summed E-state index contributed by atoms with van der Waals surface area (Å²) >= 11 is 0. The lowest BCUT2D eigenvalue weighted by atomic mass is 9.77. The molecule has 1 aliphatic carbocycles. The molecule has 3 heterocycles. The zero-order valence-corrected chi connectivity index (χ0v) is 22.1. The van der Waals surface area contributed by atoms with E-state index < -0.39 is 34.5 Å². The predicted octanol–water partition coefficient (Wildman–Crippen LogP) is 1.50. The number of unbranched alkanes of at least 4 members (excludes halogenated alkanes) is 1. The third-order valence-electron chi connectivity index (χ3n) is 8.00. The van der Waals surface area contributed by atoms with Crippen LogP contribution in [0.5, 0.6) is 5.88 Å². The second kappa shape index (κ2) is 10.5. The van der Waals surface area contributed by atoms with Crippen LogP contribution in [-0.4, -0.2) is 64.6 Å². The number of hydrogen-bond donors (Lipinski definition) is 4. The van der Waals surface area contributed by atoms with Gasteiger partial charge >= 0.3 is 11.7 Å². The number of hydrogen-bond acceptors (Lipinski definition) is 7. The molecule has 5 N–H and O–H groups in total. The van der Waals surface area contributed by atoms with Gasteiger partial charge in [-0.25, -0.2) is 9.59 Å². The van der Waals surface area contributed by atoms with Gasteiger partial charge in [0.1, 0.15) is 16.9 Å². The van der Waals surface area contributed by atoms with E-state index in [1.54, 1.807) is 24.2 Å². The largest absolute Gasteiger partial charge is 0.494 e. The van der Waals surface area contributed by atoms with Gasteiger partial charge in [-0.2, -0.15) is 5.10 Å². The molecule has 2 aliphatic rings. The summed E-state index contributed by atoms with van der Waals surface area (Å²) in [5.74, 6) is -1.31. The predicted molar refractivity (Wildman–Crippen MR) is 139 cm³/mol. The van der Waals surface area contributed by atoms with Crippen molar-refractivity contribution in [3.63, 3.8) is 0 Å². The van der Waals surface area contributed by atoms with Gasteiger partial charge in [0.05, 0.1) is 12.7 Å². The van der Waals surface area contributed by atoms with Gasteiger partial charge in [0, 0.05) is 31.4 Å². The highest BCUT2D eigenvalue weighted by atomic mass is 16.3. The second-order valence-electron chi connectivity index (χ2n) is 10.6. The Morgan fingerprint density at radius 2 is 1.92 bits per heavy atom. The van der Waals surface area contributed by atoms with E-state index in [1.807, 2.05) is 6.92 Å². The molecule has 4 rings (SSSR count).